The molecule has 0 atom stereocenters. The lowest BCUT2D eigenvalue weighted by Crippen LogP contribution is -2.55. The van der Waals surface area contributed by atoms with Gasteiger partial charge in [0.25, 0.3) is 0 Å². The quantitative estimate of drug-likeness (QED) is 0.293. The van der Waals surface area contributed by atoms with Crippen LogP contribution in [0.4, 0.5) is 0 Å². The molecule has 0 unspecified atom stereocenters. The van der Waals surface area contributed by atoms with E-state index >= 15 is 0 Å². The summed E-state index contributed by atoms with van der Waals surface area (Å²) in [6.45, 7) is 8.33. The van der Waals surface area contributed by atoms with Crippen LogP contribution in [0.25, 0.3) is 0 Å². The molecular formula is C8H15N3O3Si. The van der Waals surface area contributed by atoms with Crippen LogP contribution in [-0.2, 0) is 0 Å². The molecule has 84 valence electrons. The first-order valence-corrected chi connectivity index (χ1v) is 6.30. The fraction of sp³-hybridized carbons (Fsp3) is 0.375. The Morgan fingerprint density at radius 1 is 0.933 bits per heavy atom. The predicted molar refractivity (Wildman–Crippen MR) is 60.6 cm³/mol. The molecule has 0 rings (SSSR count). The number of oxime groups is 3. The standard InChI is InChI=1S/C8H15N3O3Si/c1-5-15(6(2)9-12,7(3)10-13)8(4)11-14/h5,12-14H,1H2,2-4H3. The van der Waals surface area contributed by atoms with E-state index in [-0.39, 0.29) is 0 Å². The summed E-state index contributed by atoms with van der Waals surface area (Å²) in [7, 11) is -2.82. The second-order valence-electron chi connectivity index (χ2n) is 3.07. The Kier molecular flexibility index (Phi) is 4.72. The third-order valence-corrected chi connectivity index (χ3v) is 6.80. The minimum absolute atomic E-state index is 0.336. The lowest BCUT2D eigenvalue weighted by Gasteiger charge is -2.24. The Labute approximate surface area is 88.9 Å². The van der Waals surface area contributed by atoms with Crippen LogP contribution < -0.4 is 0 Å². The van der Waals surface area contributed by atoms with Crippen molar-refractivity contribution in [3.63, 3.8) is 0 Å². The largest absolute Gasteiger partial charge is 0.411 e. The summed E-state index contributed by atoms with van der Waals surface area (Å²) >= 11 is 0. The molecule has 0 radical (unpaired) electrons. The van der Waals surface area contributed by atoms with Crippen LogP contribution in [0.2, 0.25) is 0 Å². The Morgan fingerprint density at radius 3 is 1.33 bits per heavy atom. The van der Waals surface area contributed by atoms with Gasteiger partial charge in [0.15, 0.2) is 0 Å². The fourth-order valence-electron chi connectivity index (χ4n) is 1.47. The maximum atomic E-state index is 8.79. The minimum atomic E-state index is -2.82. The average Bonchev–Trinajstić information content (AvgIpc) is 2.29. The van der Waals surface area contributed by atoms with E-state index in [1.165, 1.54) is 5.70 Å². The molecule has 15 heavy (non-hydrogen) atoms. The van der Waals surface area contributed by atoms with E-state index < -0.39 is 8.07 Å². The Hall–Kier alpha value is -1.63. The molecule has 0 aliphatic heterocycles. The van der Waals surface area contributed by atoms with Gasteiger partial charge in [-0.05, 0) is 20.8 Å². The summed E-state index contributed by atoms with van der Waals surface area (Å²) in [5.41, 5.74) is 1.52. The average molecular weight is 229 g/mol. The number of rotatable bonds is 4. The zero-order valence-electron chi connectivity index (χ0n) is 8.97. The van der Waals surface area contributed by atoms with Gasteiger partial charge in [-0.3, -0.25) is 0 Å². The molecule has 0 saturated heterocycles. The van der Waals surface area contributed by atoms with Crippen LogP contribution >= 0.6 is 0 Å². The van der Waals surface area contributed by atoms with Crippen LogP contribution in [0, 0.1) is 0 Å². The van der Waals surface area contributed by atoms with Gasteiger partial charge in [-0.2, -0.15) is 0 Å². The maximum Gasteiger partial charge on any atom is 0.232 e. The van der Waals surface area contributed by atoms with Crippen molar-refractivity contribution in [3.8, 4) is 0 Å². The minimum Gasteiger partial charge on any atom is -0.411 e. The highest BCUT2D eigenvalue weighted by Gasteiger charge is 2.42. The Balaban J connectivity index is 5.85. The van der Waals surface area contributed by atoms with Gasteiger partial charge in [-0.25, -0.2) is 0 Å². The highest BCUT2D eigenvalue weighted by molar-refractivity contribution is 7.44. The SMILES string of the molecule is C=C[Si](C(C)=NO)(C(C)=NO)C(C)=NO. The molecule has 0 aromatic carbocycles. The van der Waals surface area contributed by atoms with Crippen LogP contribution in [0.15, 0.2) is 27.7 Å². The van der Waals surface area contributed by atoms with Crippen molar-refractivity contribution >= 4 is 24.1 Å². The summed E-state index contributed by atoms with van der Waals surface area (Å²) in [4.78, 5) is 0. The van der Waals surface area contributed by atoms with E-state index in [0.717, 1.165) is 0 Å². The summed E-state index contributed by atoms with van der Waals surface area (Å²) in [5, 5.41) is 36.7. The number of hydrogen-bond donors (Lipinski definition) is 3. The highest BCUT2D eigenvalue weighted by atomic mass is 28.3. The number of hydrogen-bond acceptors (Lipinski definition) is 6. The predicted octanol–water partition coefficient (Wildman–Crippen LogP) is 1.33. The van der Waals surface area contributed by atoms with Crippen molar-refractivity contribution in [2.24, 2.45) is 15.5 Å². The summed E-state index contributed by atoms with van der Waals surface area (Å²) in [6.07, 6.45) is 0. The molecule has 0 spiro atoms. The molecular weight excluding hydrogens is 214 g/mol. The van der Waals surface area contributed by atoms with Crippen molar-refractivity contribution in [1.82, 2.24) is 0 Å². The van der Waals surface area contributed by atoms with Gasteiger partial charge in [0.05, 0.1) is 16.0 Å². The van der Waals surface area contributed by atoms with E-state index in [0.29, 0.717) is 16.0 Å². The van der Waals surface area contributed by atoms with Gasteiger partial charge in [-0.15, -0.1) is 22.0 Å². The van der Waals surface area contributed by atoms with Crippen molar-refractivity contribution in [3.05, 3.63) is 12.3 Å². The fourth-order valence-corrected chi connectivity index (χ4v) is 4.40. The third kappa shape index (κ3) is 2.07. The highest BCUT2D eigenvalue weighted by Crippen LogP contribution is 2.13. The number of nitrogens with zero attached hydrogens (tertiary/aromatic N) is 3. The topological polar surface area (TPSA) is 97.8 Å². The van der Waals surface area contributed by atoms with E-state index in [2.05, 4.69) is 22.0 Å². The van der Waals surface area contributed by atoms with Crippen LogP contribution in [0.1, 0.15) is 20.8 Å². The molecule has 0 aromatic rings. The molecule has 0 bridgehead atoms. The zero-order chi connectivity index (χ0) is 12.1. The van der Waals surface area contributed by atoms with E-state index in [1.54, 1.807) is 20.8 Å². The smallest absolute Gasteiger partial charge is 0.232 e. The molecule has 3 N–H and O–H groups in total. The van der Waals surface area contributed by atoms with E-state index in [4.69, 9.17) is 15.6 Å². The van der Waals surface area contributed by atoms with E-state index in [9.17, 15) is 0 Å². The maximum absolute atomic E-state index is 8.79. The first-order valence-electron chi connectivity index (χ1n) is 4.22. The first kappa shape index (κ1) is 13.4. The van der Waals surface area contributed by atoms with Crippen LogP contribution in [0.5, 0.6) is 0 Å². The van der Waals surface area contributed by atoms with Crippen molar-refractivity contribution in [2.75, 3.05) is 0 Å². The molecule has 0 fully saturated rings. The van der Waals surface area contributed by atoms with Gasteiger partial charge in [0.2, 0.25) is 8.07 Å². The molecule has 0 aliphatic rings. The van der Waals surface area contributed by atoms with Gasteiger partial charge < -0.3 is 15.6 Å². The zero-order valence-corrected chi connectivity index (χ0v) is 9.97. The molecule has 0 saturated carbocycles. The first-order chi connectivity index (χ1) is 7.00. The molecule has 0 amide bonds. The van der Waals surface area contributed by atoms with Crippen molar-refractivity contribution < 1.29 is 15.6 Å². The second kappa shape index (κ2) is 5.30. The molecule has 0 heterocycles. The third-order valence-electron chi connectivity index (χ3n) is 2.47. The van der Waals surface area contributed by atoms with Gasteiger partial charge in [-0.1, -0.05) is 5.70 Å². The van der Waals surface area contributed by atoms with Crippen LogP contribution in [-0.4, -0.2) is 39.7 Å². The van der Waals surface area contributed by atoms with Gasteiger partial charge >= 0.3 is 0 Å². The Morgan fingerprint density at radius 2 is 1.20 bits per heavy atom. The monoisotopic (exact) mass is 229 g/mol. The molecule has 7 heteroatoms. The van der Waals surface area contributed by atoms with Crippen molar-refractivity contribution in [2.45, 2.75) is 20.8 Å². The van der Waals surface area contributed by atoms with Crippen molar-refractivity contribution in [1.29, 1.82) is 0 Å². The van der Waals surface area contributed by atoms with Crippen LogP contribution in [0.3, 0.4) is 0 Å². The summed E-state index contributed by atoms with van der Waals surface area (Å²) < 4.78 is 0. The second-order valence-corrected chi connectivity index (χ2v) is 7.26. The lowest BCUT2D eigenvalue weighted by molar-refractivity contribution is 0.318. The molecule has 6 nitrogen and oxygen atoms in total. The summed E-state index contributed by atoms with van der Waals surface area (Å²) in [5.74, 6) is 0. The summed E-state index contributed by atoms with van der Waals surface area (Å²) in [6, 6.07) is 0. The van der Waals surface area contributed by atoms with Gasteiger partial charge in [0, 0.05) is 0 Å². The Bertz CT molecular complexity index is 290. The van der Waals surface area contributed by atoms with Gasteiger partial charge in [0.1, 0.15) is 0 Å². The molecule has 0 aliphatic carbocycles. The van der Waals surface area contributed by atoms with E-state index in [1.807, 2.05) is 0 Å². The lowest BCUT2D eigenvalue weighted by atomic mass is 10.8. The molecule has 0 aromatic heterocycles. The normalized spacial score (nSPS) is 18.5.